The van der Waals surface area contributed by atoms with Gasteiger partial charge in [0.1, 0.15) is 11.6 Å². The Kier molecular flexibility index (Phi) is 5.64. The third-order valence-corrected chi connectivity index (χ3v) is 4.24. The van der Waals surface area contributed by atoms with Crippen molar-refractivity contribution >= 4 is 11.3 Å². The van der Waals surface area contributed by atoms with Crippen LogP contribution in [0, 0.1) is 11.6 Å². The lowest BCUT2D eigenvalue weighted by Crippen LogP contribution is -2.37. The van der Waals surface area contributed by atoms with Gasteiger partial charge in [0.25, 0.3) is 0 Å². The van der Waals surface area contributed by atoms with Crippen LogP contribution in [0.5, 0.6) is 0 Å². The second-order valence-corrected chi connectivity index (χ2v) is 5.77. The van der Waals surface area contributed by atoms with E-state index in [1.165, 1.54) is 23.1 Å². The van der Waals surface area contributed by atoms with Gasteiger partial charge < -0.3 is 0 Å². The number of hydrazine groups is 1. The molecule has 0 aliphatic heterocycles. The zero-order chi connectivity index (χ0) is 14.4. The molecule has 1 atom stereocenters. The van der Waals surface area contributed by atoms with Crippen LogP contribution in [0.3, 0.4) is 0 Å². The molecule has 0 spiro atoms. The van der Waals surface area contributed by atoms with E-state index in [0.717, 1.165) is 19.3 Å². The van der Waals surface area contributed by atoms with Gasteiger partial charge in [-0.15, -0.1) is 11.3 Å². The number of rotatable bonds is 7. The highest BCUT2D eigenvalue weighted by Gasteiger charge is 2.14. The lowest BCUT2D eigenvalue weighted by molar-refractivity contribution is 0.454. The minimum Gasteiger partial charge on any atom is -0.271 e. The van der Waals surface area contributed by atoms with Gasteiger partial charge in [0.05, 0.1) is 0 Å². The molecule has 2 nitrogen and oxygen atoms in total. The van der Waals surface area contributed by atoms with E-state index >= 15 is 0 Å². The first-order valence-corrected chi connectivity index (χ1v) is 7.50. The lowest BCUT2D eigenvalue weighted by Gasteiger charge is -2.16. The van der Waals surface area contributed by atoms with Gasteiger partial charge in [-0.1, -0.05) is 12.1 Å². The van der Waals surface area contributed by atoms with Crippen LogP contribution in [0.15, 0.2) is 35.7 Å². The van der Waals surface area contributed by atoms with Gasteiger partial charge in [0.2, 0.25) is 0 Å². The fourth-order valence-corrected chi connectivity index (χ4v) is 2.95. The normalized spacial score (nSPS) is 12.6. The van der Waals surface area contributed by atoms with Gasteiger partial charge in [0.15, 0.2) is 0 Å². The fourth-order valence-electron chi connectivity index (χ4n) is 2.20. The van der Waals surface area contributed by atoms with Crippen molar-refractivity contribution in [3.63, 3.8) is 0 Å². The Balaban J connectivity index is 1.88. The zero-order valence-corrected chi connectivity index (χ0v) is 11.9. The van der Waals surface area contributed by atoms with Crippen LogP contribution in [0.2, 0.25) is 0 Å². The lowest BCUT2D eigenvalue weighted by atomic mass is 10.0. The quantitative estimate of drug-likeness (QED) is 0.607. The molecule has 0 aliphatic rings. The van der Waals surface area contributed by atoms with Crippen molar-refractivity contribution in [2.45, 2.75) is 31.7 Å². The highest BCUT2D eigenvalue weighted by Crippen LogP contribution is 2.17. The summed E-state index contributed by atoms with van der Waals surface area (Å²) in [6, 6.07) is 7.91. The molecule has 2 aromatic rings. The Morgan fingerprint density at radius 3 is 2.50 bits per heavy atom. The molecular weight excluding hydrogens is 278 g/mol. The second-order valence-electron chi connectivity index (χ2n) is 4.74. The Morgan fingerprint density at radius 1 is 1.15 bits per heavy atom. The van der Waals surface area contributed by atoms with Crippen molar-refractivity contribution < 1.29 is 8.78 Å². The van der Waals surface area contributed by atoms with Crippen molar-refractivity contribution in [2.75, 3.05) is 0 Å². The van der Waals surface area contributed by atoms with Crippen LogP contribution in [0.25, 0.3) is 0 Å². The summed E-state index contributed by atoms with van der Waals surface area (Å²) >= 11 is 1.72. The molecular formula is C15H18F2N2S. The van der Waals surface area contributed by atoms with E-state index in [9.17, 15) is 8.78 Å². The predicted molar refractivity (Wildman–Crippen MR) is 78.4 cm³/mol. The Labute approximate surface area is 121 Å². The van der Waals surface area contributed by atoms with E-state index in [-0.39, 0.29) is 18.0 Å². The smallest absolute Gasteiger partial charge is 0.129 e. The topological polar surface area (TPSA) is 38.0 Å². The van der Waals surface area contributed by atoms with E-state index in [2.05, 4.69) is 11.5 Å². The van der Waals surface area contributed by atoms with Crippen molar-refractivity contribution in [1.29, 1.82) is 0 Å². The van der Waals surface area contributed by atoms with Crippen LogP contribution in [-0.2, 0) is 12.8 Å². The molecule has 1 unspecified atom stereocenters. The molecule has 0 saturated carbocycles. The standard InChI is InChI=1S/C15H18F2N2S/c16-14-7-2-8-15(17)13(14)10-11(19-18)4-1-5-12-6-3-9-20-12/h2-3,6-9,11,19H,1,4-5,10,18H2. The average molecular weight is 296 g/mol. The summed E-state index contributed by atoms with van der Waals surface area (Å²) in [5, 5.41) is 2.04. The SMILES string of the molecule is NNC(CCCc1cccs1)Cc1c(F)cccc1F. The summed E-state index contributed by atoms with van der Waals surface area (Å²) in [5.74, 6) is 4.47. The monoisotopic (exact) mass is 296 g/mol. The summed E-state index contributed by atoms with van der Waals surface area (Å²) in [7, 11) is 0. The average Bonchev–Trinajstić information content (AvgIpc) is 2.94. The van der Waals surface area contributed by atoms with Crippen molar-refractivity contribution in [3.05, 3.63) is 57.8 Å². The molecule has 108 valence electrons. The van der Waals surface area contributed by atoms with Crippen LogP contribution in [0.1, 0.15) is 23.3 Å². The Bertz CT molecular complexity index is 508. The first-order chi connectivity index (χ1) is 9.70. The van der Waals surface area contributed by atoms with Crippen LogP contribution in [-0.4, -0.2) is 6.04 Å². The molecule has 0 radical (unpaired) electrons. The molecule has 1 aromatic heterocycles. The highest BCUT2D eigenvalue weighted by molar-refractivity contribution is 7.09. The molecule has 20 heavy (non-hydrogen) atoms. The molecule has 0 aliphatic carbocycles. The first-order valence-electron chi connectivity index (χ1n) is 6.62. The van der Waals surface area contributed by atoms with Crippen LogP contribution < -0.4 is 11.3 Å². The Morgan fingerprint density at radius 2 is 1.90 bits per heavy atom. The minimum atomic E-state index is -0.511. The van der Waals surface area contributed by atoms with E-state index in [1.807, 2.05) is 11.4 Å². The van der Waals surface area contributed by atoms with Crippen molar-refractivity contribution in [1.82, 2.24) is 5.43 Å². The third-order valence-electron chi connectivity index (χ3n) is 3.30. The van der Waals surface area contributed by atoms with Crippen molar-refractivity contribution in [3.8, 4) is 0 Å². The fraction of sp³-hybridized carbons (Fsp3) is 0.333. The highest BCUT2D eigenvalue weighted by atomic mass is 32.1. The van der Waals surface area contributed by atoms with E-state index in [4.69, 9.17) is 5.84 Å². The van der Waals surface area contributed by atoms with Gasteiger partial charge in [-0.25, -0.2) is 8.78 Å². The summed E-state index contributed by atoms with van der Waals surface area (Å²) in [5.41, 5.74) is 2.76. The largest absolute Gasteiger partial charge is 0.271 e. The molecule has 1 heterocycles. The summed E-state index contributed by atoms with van der Waals surface area (Å²) in [6.45, 7) is 0. The number of nitrogens with two attached hydrogens (primary N) is 1. The van der Waals surface area contributed by atoms with Crippen molar-refractivity contribution in [2.24, 2.45) is 5.84 Å². The predicted octanol–water partition coefficient (Wildman–Crippen LogP) is 3.42. The number of benzene rings is 1. The number of hydrogen-bond donors (Lipinski definition) is 2. The van der Waals surface area contributed by atoms with Crippen LogP contribution in [0.4, 0.5) is 8.78 Å². The molecule has 0 amide bonds. The maximum absolute atomic E-state index is 13.6. The summed E-state index contributed by atoms with van der Waals surface area (Å²) < 4.78 is 27.2. The van der Waals surface area contributed by atoms with E-state index in [1.54, 1.807) is 11.3 Å². The first kappa shape index (κ1) is 15.1. The molecule has 1 aromatic carbocycles. The summed E-state index contributed by atoms with van der Waals surface area (Å²) in [4.78, 5) is 1.32. The van der Waals surface area contributed by atoms with Gasteiger partial charge in [-0.2, -0.15) is 0 Å². The minimum absolute atomic E-state index is 0.103. The molecule has 0 fully saturated rings. The Hall–Kier alpha value is -1.30. The number of hydrogen-bond acceptors (Lipinski definition) is 3. The maximum atomic E-state index is 13.6. The molecule has 0 saturated heterocycles. The van der Waals surface area contributed by atoms with Gasteiger partial charge in [-0.05, 0) is 49.3 Å². The number of thiophene rings is 1. The third kappa shape index (κ3) is 4.10. The second kappa shape index (κ2) is 7.47. The van der Waals surface area contributed by atoms with Crippen LogP contribution >= 0.6 is 11.3 Å². The molecule has 2 rings (SSSR count). The van der Waals surface area contributed by atoms with E-state index < -0.39 is 11.6 Å². The molecule has 3 N–H and O–H groups in total. The number of nitrogens with one attached hydrogen (secondary N) is 1. The summed E-state index contributed by atoms with van der Waals surface area (Å²) in [6.07, 6.45) is 2.95. The van der Waals surface area contributed by atoms with E-state index in [0.29, 0.717) is 0 Å². The van der Waals surface area contributed by atoms with Gasteiger partial charge >= 0.3 is 0 Å². The number of halogens is 2. The number of aryl methyl sites for hydroxylation is 1. The zero-order valence-electron chi connectivity index (χ0n) is 11.1. The van der Waals surface area contributed by atoms with Gasteiger partial charge in [-0.3, -0.25) is 11.3 Å². The molecule has 5 heteroatoms. The molecule has 0 bridgehead atoms. The van der Waals surface area contributed by atoms with Gasteiger partial charge in [0, 0.05) is 16.5 Å². The maximum Gasteiger partial charge on any atom is 0.129 e.